The number of ether oxygens (including phenoxy) is 1. The average molecular weight is 220 g/mol. The van der Waals surface area contributed by atoms with Gasteiger partial charge >= 0.3 is 0 Å². The first-order valence-corrected chi connectivity index (χ1v) is 4.77. The third kappa shape index (κ3) is 2.73. The monoisotopic (exact) mass is 220 g/mol. The molecule has 0 aromatic carbocycles. The average Bonchev–Trinajstić information content (AvgIpc) is 2.18. The summed E-state index contributed by atoms with van der Waals surface area (Å²) in [5, 5.41) is 37.3. The lowest BCUT2D eigenvalue weighted by Crippen LogP contribution is -2.55. The summed E-state index contributed by atoms with van der Waals surface area (Å²) in [7, 11) is 0. The first-order valence-electron chi connectivity index (χ1n) is 4.77. The maximum atomic E-state index is 10.9. The Kier molecular flexibility index (Phi) is 4.18. The Labute approximate surface area is 87.1 Å². The molecule has 1 heterocycles. The van der Waals surface area contributed by atoms with Gasteiger partial charge in [0.2, 0.25) is 0 Å². The molecule has 0 bridgehead atoms. The first kappa shape index (κ1) is 12.5. The minimum atomic E-state index is -1.34. The quantitative estimate of drug-likeness (QED) is 0.439. The molecule has 4 N–H and O–H groups in total. The first-order chi connectivity index (χ1) is 6.97. The molecule has 0 unspecified atom stereocenters. The van der Waals surface area contributed by atoms with Crippen LogP contribution in [0.4, 0.5) is 0 Å². The van der Waals surface area contributed by atoms with Gasteiger partial charge in [0.1, 0.15) is 18.0 Å². The summed E-state index contributed by atoms with van der Waals surface area (Å²) >= 11 is 0. The van der Waals surface area contributed by atoms with E-state index in [1.54, 1.807) is 0 Å². The lowest BCUT2D eigenvalue weighted by atomic mass is 9.87. The van der Waals surface area contributed by atoms with Gasteiger partial charge in [-0.3, -0.25) is 0 Å². The SMILES string of the molecule is CC(=O)C[C@H]1[C@H](O)[C@@H](O)[C@H](CO)O[C@@H]1O. The van der Waals surface area contributed by atoms with Crippen LogP contribution in [0.5, 0.6) is 0 Å². The number of carbonyl (C=O) groups excluding carboxylic acids is 1. The van der Waals surface area contributed by atoms with Crippen molar-refractivity contribution in [2.24, 2.45) is 5.92 Å². The Morgan fingerprint density at radius 1 is 1.27 bits per heavy atom. The standard InChI is InChI=1S/C9H16O6/c1-4(11)2-5-7(12)8(13)6(3-10)15-9(5)14/h5-10,12-14H,2-3H2,1H3/t5-,6-,7-,8-,9-/m0/s1. The van der Waals surface area contributed by atoms with Crippen molar-refractivity contribution in [2.75, 3.05) is 6.61 Å². The number of aliphatic hydroxyl groups is 4. The summed E-state index contributed by atoms with van der Waals surface area (Å²) in [6.07, 6.45) is -4.99. The zero-order valence-corrected chi connectivity index (χ0v) is 8.41. The smallest absolute Gasteiger partial charge is 0.160 e. The second-order valence-electron chi connectivity index (χ2n) is 3.80. The molecule has 0 aromatic heterocycles. The van der Waals surface area contributed by atoms with E-state index >= 15 is 0 Å². The molecule has 1 fully saturated rings. The Bertz CT molecular complexity index is 231. The summed E-state index contributed by atoms with van der Waals surface area (Å²) in [6.45, 7) is 0.825. The van der Waals surface area contributed by atoms with Gasteiger partial charge in [0.15, 0.2) is 6.29 Å². The number of hydrogen-bond acceptors (Lipinski definition) is 6. The van der Waals surface area contributed by atoms with Gasteiger partial charge in [-0.05, 0) is 6.92 Å². The highest BCUT2D eigenvalue weighted by molar-refractivity contribution is 5.75. The molecule has 0 amide bonds. The molecular weight excluding hydrogens is 204 g/mol. The number of rotatable bonds is 3. The lowest BCUT2D eigenvalue weighted by molar-refractivity contribution is -0.269. The molecule has 1 saturated heterocycles. The van der Waals surface area contributed by atoms with Crippen molar-refractivity contribution in [3.8, 4) is 0 Å². The number of hydrogen-bond donors (Lipinski definition) is 4. The predicted molar refractivity (Wildman–Crippen MR) is 48.8 cm³/mol. The van der Waals surface area contributed by atoms with Crippen molar-refractivity contribution >= 4 is 5.78 Å². The summed E-state index contributed by atoms with van der Waals surface area (Å²) in [6, 6.07) is 0. The Morgan fingerprint density at radius 2 is 1.87 bits per heavy atom. The van der Waals surface area contributed by atoms with Gasteiger partial charge < -0.3 is 30.0 Å². The van der Waals surface area contributed by atoms with E-state index in [1.165, 1.54) is 6.92 Å². The highest BCUT2D eigenvalue weighted by atomic mass is 16.6. The number of aliphatic hydroxyl groups excluding tert-OH is 4. The lowest BCUT2D eigenvalue weighted by Gasteiger charge is -2.39. The van der Waals surface area contributed by atoms with E-state index in [4.69, 9.17) is 9.84 Å². The fraction of sp³-hybridized carbons (Fsp3) is 0.889. The molecule has 88 valence electrons. The van der Waals surface area contributed by atoms with Gasteiger partial charge in [0, 0.05) is 12.3 Å². The van der Waals surface area contributed by atoms with Crippen molar-refractivity contribution < 1.29 is 30.0 Å². The number of Topliss-reactive ketones (excluding diaryl/α,β-unsaturated/α-hetero) is 1. The van der Waals surface area contributed by atoms with Crippen molar-refractivity contribution in [1.82, 2.24) is 0 Å². The van der Waals surface area contributed by atoms with Gasteiger partial charge in [0.05, 0.1) is 12.7 Å². The van der Waals surface area contributed by atoms with E-state index in [0.29, 0.717) is 0 Å². The van der Waals surface area contributed by atoms with E-state index < -0.39 is 37.1 Å². The van der Waals surface area contributed by atoms with Crippen LogP contribution >= 0.6 is 0 Å². The summed E-state index contributed by atoms with van der Waals surface area (Å²) < 4.78 is 4.87. The Morgan fingerprint density at radius 3 is 2.33 bits per heavy atom. The third-order valence-corrected chi connectivity index (χ3v) is 2.55. The van der Waals surface area contributed by atoms with E-state index in [2.05, 4.69) is 0 Å². The molecule has 1 rings (SSSR count). The second kappa shape index (κ2) is 5.00. The van der Waals surface area contributed by atoms with Gasteiger partial charge in [-0.1, -0.05) is 0 Å². The van der Waals surface area contributed by atoms with Crippen LogP contribution in [0.25, 0.3) is 0 Å². The molecule has 0 radical (unpaired) electrons. The molecule has 15 heavy (non-hydrogen) atoms. The van der Waals surface area contributed by atoms with Crippen LogP contribution < -0.4 is 0 Å². The maximum Gasteiger partial charge on any atom is 0.160 e. The zero-order chi connectivity index (χ0) is 11.6. The largest absolute Gasteiger partial charge is 0.394 e. The fourth-order valence-electron chi connectivity index (χ4n) is 1.71. The predicted octanol–water partition coefficient (Wildman–Crippen LogP) is -1.99. The van der Waals surface area contributed by atoms with Crippen LogP contribution in [0, 0.1) is 5.92 Å². The molecule has 0 aliphatic carbocycles. The highest BCUT2D eigenvalue weighted by Gasteiger charge is 2.43. The van der Waals surface area contributed by atoms with Crippen LogP contribution in [0.2, 0.25) is 0 Å². The van der Waals surface area contributed by atoms with Gasteiger partial charge in [-0.15, -0.1) is 0 Å². The van der Waals surface area contributed by atoms with E-state index in [1.807, 2.05) is 0 Å². The number of ketones is 1. The van der Waals surface area contributed by atoms with Gasteiger partial charge in [-0.25, -0.2) is 0 Å². The molecule has 1 aliphatic heterocycles. The fourth-order valence-corrected chi connectivity index (χ4v) is 1.71. The highest BCUT2D eigenvalue weighted by Crippen LogP contribution is 2.27. The van der Waals surface area contributed by atoms with Crippen LogP contribution in [0.3, 0.4) is 0 Å². The molecule has 0 spiro atoms. The van der Waals surface area contributed by atoms with Gasteiger partial charge in [-0.2, -0.15) is 0 Å². The van der Waals surface area contributed by atoms with Crippen molar-refractivity contribution in [3.05, 3.63) is 0 Å². The molecule has 6 heteroatoms. The zero-order valence-electron chi connectivity index (χ0n) is 8.41. The molecule has 6 nitrogen and oxygen atoms in total. The molecular formula is C9H16O6. The second-order valence-corrected chi connectivity index (χ2v) is 3.80. The van der Waals surface area contributed by atoms with E-state index in [0.717, 1.165) is 0 Å². The van der Waals surface area contributed by atoms with E-state index in [9.17, 15) is 20.1 Å². The molecule has 0 aromatic rings. The normalized spacial score (nSPS) is 41.5. The van der Waals surface area contributed by atoms with Crippen molar-refractivity contribution in [2.45, 2.75) is 37.9 Å². The third-order valence-electron chi connectivity index (χ3n) is 2.55. The molecule has 5 atom stereocenters. The van der Waals surface area contributed by atoms with Crippen LogP contribution in [0.1, 0.15) is 13.3 Å². The summed E-state index contributed by atoms with van der Waals surface area (Å²) in [5.41, 5.74) is 0. The maximum absolute atomic E-state index is 10.9. The summed E-state index contributed by atoms with van der Waals surface area (Å²) in [4.78, 5) is 10.9. The van der Waals surface area contributed by atoms with Crippen LogP contribution in [-0.2, 0) is 9.53 Å². The Hall–Kier alpha value is -0.530. The van der Waals surface area contributed by atoms with Gasteiger partial charge in [0.25, 0.3) is 0 Å². The molecule has 1 aliphatic rings. The minimum absolute atomic E-state index is 0.0719. The van der Waals surface area contributed by atoms with Crippen LogP contribution in [0.15, 0.2) is 0 Å². The van der Waals surface area contributed by atoms with E-state index in [-0.39, 0.29) is 12.2 Å². The topological polar surface area (TPSA) is 107 Å². The van der Waals surface area contributed by atoms with Crippen molar-refractivity contribution in [1.29, 1.82) is 0 Å². The van der Waals surface area contributed by atoms with Crippen molar-refractivity contribution in [3.63, 3.8) is 0 Å². The minimum Gasteiger partial charge on any atom is -0.394 e. The Balaban J connectivity index is 2.70. The number of carbonyl (C=O) groups is 1. The van der Waals surface area contributed by atoms with Crippen LogP contribution in [-0.4, -0.2) is 57.4 Å². The summed E-state index contributed by atoms with van der Waals surface area (Å²) in [5.74, 6) is -1.06. The molecule has 0 saturated carbocycles.